The number of hydrogen-bond acceptors (Lipinski definition) is 5. The first-order valence-corrected chi connectivity index (χ1v) is 9.77. The minimum atomic E-state index is -0.518. The molecule has 1 N–H and O–H groups in total. The number of carbonyl (C=O) groups is 2. The Bertz CT molecular complexity index is 1170. The van der Waals surface area contributed by atoms with Gasteiger partial charge in [0, 0.05) is 17.3 Å². The molecule has 156 valence electrons. The molecule has 6 nitrogen and oxygen atoms in total. The molecule has 0 spiro atoms. The lowest BCUT2D eigenvalue weighted by Gasteiger charge is -2.09. The van der Waals surface area contributed by atoms with E-state index in [1.807, 2.05) is 19.1 Å². The summed E-state index contributed by atoms with van der Waals surface area (Å²) in [5.74, 6) is 0.0393. The first-order valence-electron chi connectivity index (χ1n) is 9.77. The Morgan fingerprint density at radius 2 is 1.84 bits per heavy atom. The number of para-hydroxylation sites is 1. The van der Waals surface area contributed by atoms with E-state index >= 15 is 0 Å². The quantitative estimate of drug-likeness (QED) is 0.333. The molecule has 31 heavy (non-hydrogen) atoms. The van der Waals surface area contributed by atoms with Gasteiger partial charge in [0.15, 0.2) is 0 Å². The lowest BCUT2D eigenvalue weighted by Crippen LogP contribution is -2.13. The highest BCUT2D eigenvalue weighted by Gasteiger charge is 2.14. The largest absolute Gasteiger partial charge is 0.459 e. The maximum atomic E-state index is 12.4. The molecule has 0 aliphatic heterocycles. The zero-order valence-electron chi connectivity index (χ0n) is 17.5. The van der Waals surface area contributed by atoms with Gasteiger partial charge in [-0.1, -0.05) is 24.3 Å². The molecule has 1 aromatic heterocycles. The Hall–Kier alpha value is -4.11. The van der Waals surface area contributed by atoms with Crippen LogP contribution < -0.4 is 5.32 Å². The van der Waals surface area contributed by atoms with Gasteiger partial charge in [-0.2, -0.15) is 5.26 Å². The Kier molecular flexibility index (Phi) is 6.68. The van der Waals surface area contributed by atoms with Crippen molar-refractivity contribution in [2.45, 2.75) is 26.9 Å². The van der Waals surface area contributed by atoms with Crippen LogP contribution in [-0.2, 0) is 9.53 Å². The fourth-order valence-corrected chi connectivity index (χ4v) is 2.94. The van der Waals surface area contributed by atoms with E-state index in [1.54, 1.807) is 68.4 Å². The Morgan fingerprint density at radius 1 is 1.10 bits per heavy atom. The van der Waals surface area contributed by atoms with Crippen LogP contribution in [0.25, 0.3) is 17.4 Å². The number of esters is 1. The number of nitrogens with one attached hydrogen (secondary N) is 1. The van der Waals surface area contributed by atoms with Crippen molar-refractivity contribution in [1.29, 1.82) is 5.26 Å². The molecule has 6 heteroatoms. The van der Waals surface area contributed by atoms with E-state index < -0.39 is 5.91 Å². The molecule has 0 saturated carbocycles. The van der Waals surface area contributed by atoms with Crippen molar-refractivity contribution < 1.29 is 18.7 Å². The van der Waals surface area contributed by atoms with Crippen molar-refractivity contribution >= 4 is 23.6 Å². The van der Waals surface area contributed by atoms with E-state index in [4.69, 9.17) is 9.15 Å². The van der Waals surface area contributed by atoms with Gasteiger partial charge in [-0.25, -0.2) is 4.79 Å². The second-order valence-corrected chi connectivity index (χ2v) is 7.18. The summed E-state index contributed by atoms with van der Waals surface area (Å²) in [4.78, 5) is 24.5. The van der Waals surface area contributed by atoms with E-state index in [0.29, 0.717) is 22.8 Å². The third-order valence-corrected chi connectivity index (χ3v) is 4.38. The normalized spacial score (nSPS) is 11.1. The fraction of sp³-hybridized carbons (Fsp3) is 0.160. The molecule has 0 aliphatic carbocycles. The molecule has 3 rings (SSSR count). The van der Waals surface area contributed by atoms with Crippen LogP contribution >= 0.6 is 0 Å². The maximum Gasteiger partial charge on any atom is 0.338 e. The number of benzene rings is 2. The number of amides is 1. The Labute approximate surface area is 180 Å². The average Bonchev–Trinajstić information content (AvgIpc) is 3.20. The number of anilines is 1. The van der Waals surface area contributed by atoms with Gasteiger partial charge in [-0.3, -0.25) is 4.79 Å². The number of rotatable bonds is 6. The van der Waals surface area contributed by atoms with Gasteiger partial charge in [-0.15, -0.1) is 0 Å². The molecule has 0 unspecified atom stereocenters. The predicted octanol–water partition coefficient (Wildman–Crippen LogP) is 5.37. The van der Waals surface area contributed by atoms with Crippen molar-refractivity contribution in [3.8, 4) is 17.4 Å². The van der Waals surface area contributed by atoms with Crippen LogP contribution in [0.4, 0.5) is 5.69 Å². The highest BCUT2D eigenvalue weighted by molar-refractivity contribution is 6.09. The Morgan fingerprint density at radius 3 is 2.48 bits per heavy atom. The summed E-state index contributed by atoms with van der Waals surface area (Å²) in [7, 11) is 0. The summed E-state index contributed by atoms with van der Waals surface area (Å²) in [6, 6.07) is 19.4. The molecule has 1 heterocycles. The topological polar surface area (TPSA) is 92.3 Å². The van der Waals surface area contributed by atoms with Crippen molar-refractivity contribution in [1.82, 2.24) is 0 Å². The third-order valence-electron chi connectivity index (χ3n) is 4.38. The molecule has 0 radical (unpaired) electrons. The summed E-state index contributed by atoms with van der Waals surface area (Å²) in [6.45, 7) is 5.47. The summed E-state index contributed by atoms with van der Waals surface area (Å²) in [5, 5.41) is 12.1. The smallest absolute Gasteiger partial charge is 0.338 e. The lowest BCUT2D eigenvalue weighted by molar-refractivity contribution is -0.112. The molecule has 2 aromatic carbocycles. The SMILES string of the molecule is Cc1cc(C(=O)OC(C)C)ccc1-c1ccc(/C=C(\C#N)C(=O)Nc2ccccc2)o1. The molecular formula is C25H22N2O4. The number of nitrogens with zero attached hydrogens (tertiary/aromatic N) is 1. The van der Waals surface area contributed by atoms with Gasteiger partial charge >= 0.3 is 5.97 Å². The first-order chi connectivity index (χ1) is 14.9. The molecule has 0 saturated heterocycles. The van der Waals surface area contributed by atoms with Crippen LogP contribution in [-0.4, -0.2) is 18.0 Å². The van der Waals surface area contributed by atoms with E-state index in [2.05, 4.69) is 5.32 Å². The minimum Gasteiger partial charge on any atom is -0.459 e. The average molecular weight is 414 g/mol. The number of carbonyl (C=O) groups excluding carboxylic acids is 2. The maximum absolute atomic E-state index is 12.4. The lowest BCUT2D eigenvalue weighted by atomic mass is 10.0. The van der Waals surface area contributed by atoms with Gasteiger partial charge < -0.3 is 14.5 Å². The van der Waals surface area contributed by atoms with Crippen LogP contribution in [0.3, 0.4) is 0 Å². The van der Waals surface area contributed by atoms with Gasteiger partial charge in [-0.05, 0) is 62.7 Å². The number of furan rings is 1. The summed E-state index contributed by atoms with van der Waals surface area (Å²) < 4.78 is 11.0. The summed E-state index contributed by atoms with van der Waals surface area (Å²) >= 11 is 0. The van der Waals surface area contributed by atoms with E-state index in [1.165, 1.54) is 6.08 Å². The van der Waals surface area contributed by atoms with Crippen molar-refractivity contribution in [3.63, 3.8) is 0 Å². The predicted molar refractivity (Wildman–Crippen MR) is 118 cm³/mol. The number of nitriles is 1. The molecule has 0 aliphatic rings. The van der Waals surface area contributed by atoms with E-state index in [-0.39, 0.29) is 17.6 Å². The van der Waals surface area contributed by atoms with Gasteiger partial charge in [0.25, 0.3) is 5.91 Å². The number of aryl methyl sites for hydroxylation is 1. The molecule has 0 fully saturated rings. The standard InChI is InChI=1S/C25H22N2O4/c1-16(2)30-25(29)18-9-11-22(17(3)13-18)23-12-10-21(31-23)14-19(15-26)24(28)27-20-7-5-4-6-8-20/h4-14,16H,1-3H3,(H,27,28)/b19-14+. The fourth-order valence-electron chi connectivity index (χ4n) is 2.94. The van der Waals surface area contributed by atoms with E-state index in [0.717, 1.165) is 11.1 Å². The Balaban J connectivity index is 1.79. The van der Waals surface area contributed by atoms with Crippen molar-refractivity contribution in [2.24, 2.45) is 0 Å². The molecular weight excluding hydrogens is 392 g/mol. The third kappa shape index (κ3) is 5.49. The summed E-state index contributed by atoms with van der Waals surface area (Å²) in [6.07, 6.45) is 1.20. The molecule has 0 atom stereocenters. The minimum absolute atomic E-state index is 0.0757. The van der Waals surface area contributed by atoms with Crippen LogP contribution in [0, 0.1) is 18.3 Å². The van der Waals surface area contributed by atoms with Gasteiger partial charge in [0.1, 0.15) is 23.2 Å². The first kappa shape index (κ1) is 21.6. The second kappa shape index (κ2) is 9.59. The van der Waals surface area contributed by atoms with Crippen LogP contribution in [0.15, 0.2) is 70.7 Å². The zero-order valence-corrected chi connectivity index (χ0v) is 17.5. The number of ether oxygens (including phenoxy) is 1. The van der Waals surface area contributed by atoms with Crippen LogP contribution in [0.1, 0.15) is 35.5 Å². The van der Waals surface area contributed by atoms with Crippen LogP contribution in [0.5, 0.6) is 0 Å². The van der Waals surface area contributed by atoms with Gasteiger partial charge in [0.05, 0.1) is 11.7 Å². The van der Waals surface area contributed by atoms with E-state index in [9.17, 15) is 14.9 Å². The monoisotopic (exact) mass is 414 g/mol. The van der Waals surface area contributed by atoms with Crippen molar-refractivity contribution in [2.75, 3.05) is 5.32 Å². The number of hydrogen-bond donors (Lipinski definition) is 1. The van der Waals surface area contributed by atoms with Gasteiger partial charge in [0.2, 0.25) is 0 Å². The molecule has 1 amide bonds. The van der Waals surface area contributed by atoms with Crippen molar-refractivity contribution in [3.05, 3.63) is 83.1 Å². The van der Waals surface area contributed by atoms with Crippen LogP contribution in [0.2, 0.25) is 0 Å². The zero-order chi connectivity index (χ0) is 22.4. The highest BCUT2D eigenvalue weighted by Crippen LogP contribution is 2.27. The molecule has 0 bridgehead atoms. The highest BCUT2D eigenvalue weighted by atomic mass is 16.5. The summed E-state index contributed by atoms with van der Waals surface area (Å²) in [5.41, 5.74) is 2.62. The second-order valence-electron chi connectivity index (χ2n) is 7.18. The molecule has 3 aromatic rings.